The summed E-state index contributed by atoms with van der Waals surface area (Å²) >= 11 is 0. The summed E-state index contributed by atoms with van der Waals surface area (Å²) in [7, 11) is 0. The number of rotatable bonds is 1. The van der Waals surface area contributed by atoms with Gasteiger partial charge in [0, 0.05) is 10.8 Å². The molecule has 0 spiro atoms. The first-order valence-electron chi connectivity index (χ1n) is 11.8. The molecule has 0 saturated heterocycles. The molecule has 3 heteroatoms. The van der Waals surface area contributed by atoms with Crippen molar-refractivity contribution in [3.63, 3.8) is 0 Å². The van der Waals surface area contributed by atoms with Crippen LogP contribution in [0.5, 0.6) is 0 Å². The summed E-state index contributed by atoms with van der Waals surface area (Å²) in [5.41, 5.74) is 3.79. The summed E-state index contributed by atoms with van der Waals surface area (Å²) in [5.74, 6) is 0. The van der Waals surface area contributed by atoms with Crippen LogP contribution in [0.2, 0.25) is 0 Å². The fourth-order valence-electron chi connectivity index (χ4n) is 5.15. The summed E-state index contributed by atoms with van der Waals surface area (Å²) < 4.78 is 4.10. The first-order chi connectivity index (χ1) is 16.8. The van der Waals surface area contributed by atoms with Gasteiger partial charge in [-0.15, -0.1) is 0 Å². The van der Waals surface area contributed by atoms with Crippen LogP contribution in [-0.4, -0.2) is 8.97 Å². The molecule has 0 aliphatic rings. The zero-order chi connectivity index (χ0) is 23.2. The van der Waals surface area contributed by atoms with Crippen LogP contribution in [-0.2, 0) is 0 Å². The number of hydrogen-bond donors (Lipinski definition) is 0. The zero-order valence-corrected chi connectivity index (χ0v) is 19.2. The van der Waals surface area contributed by atoms with Crippen LogP contribution >= 0.6 is 0 Å². The first kappa shape index (κ1) is 20.3. The fraction of sp³-hybridized carbons (Fsp3) is 0.0645. The molecule has 2 heterocycles. The maximum atomic E-state index is 13.7. The summed E-state index contributed by atoms with van der Waals surface area (Å²) in [5, 5.41) is 6.69. The minimum Gasteiger partial charge on any atom is -0.294 e. The molecule has 0 N–H and O–H groups in total. The van der Waals surface area contributed by atoms with Gasteiger partial charge in [0.2, 0.25) is 0 Å². The third-order valence-corrected chi connectivity index (χ3v) is 6.49. The Morgan fingerprint density at radius 2 is 1.03 bits per heavy atom. The third kappa shape index (κ3) is 2.74. The molecule has 5 aromatic carbocycles. The minimum absolute atomic E-state index is 0.00397. The van der Waals surface area contributed by atoms with E-state index < -0.39 is 0 Å². The maximum Gasteiger partial charge on any atom is 0.266 e. The topological polar surface area (TPSA) is 26.4 Å². The normalized spacial score (nSPS) is 11.4. The first-order valence-corrected chi connectivity index (χ1v) is 11.8. The number of aromatic nitrogens is 2. The van der Waals surface area contributed by atoms with Crippen molar-refractivity contribution in [2.75, 3.05) is 0 Å². The average molecular weight is 441 g/mol. The van der Waals surface area contributed by atoms with Crippen LogP contribution < -0.4 is 5.56 Å². The van der Waals surface area contributed by atoms with Crippen molar-refractivity contribution in [2.45, 2.75) is 13.8 Å². The Morgan fingerprint density at radius 3 is 1.71 bits per heavy atom. The Balaban J connectivity index is 0.00000106. The molecule has 7 aromatic rings. The smallest absolute Gasteiger partial charge is 0.266 e. The highest BCUT2D eigenvalue weighted by atomic mass is 16.1. The van der Waals surface area contributed by atoms with Gasteiger partial charge in [0.05, 0.1) is 22.1 Å². The predicted octanol–water partition coefficient (Wildman–Crippen LogP) is 7.73. The van der Waals surface area contributed by atoms with Crippen LogP contribution in [0.3, 0.4) is 0 Å². The number of para-hydroxylation sites is 2. The van der Waals surface area contributed by atoms with E-state index in [2.05, 4.69) is 59.0 Å². The highest BCUT2D eigenvalue weighted by Gasteiger charge is 2.18. The molecule has 2 aromatic heterocycles. The van der Waals surface area contributed by atoms with Crippen molar-refractivity contribution in [2.24, 2.45) is 0 Å². The van der Waals surface area contributed by atoms with E-state index in [9.17, 15) is 4.79 Å². The second kappa shape index (κ2) is 7.89. The summed E-state index contributed by atoms with van der Waals surface area (Å²) in [6.07, 6.45) is 0. The predicted molar refractivity (Wildman–Crippen MR) is 144 cm³/mol. The molecule has 0 saturated carbocycles. The molecule has 0 aliphatic carbocycles. The lowest BCUT2D eigenvalue weighted by Crippen LogP contribution is -2.21. The van der Waals surface area contributed by atoms with Crippen molar-refractivity contribution in [1.82, 2.24) is 8.97 Å². The van der Waals surface area contributed by atoms with Crippen molar-refractivity contribution < 1.29 is 0 Å². The van der Waals surface area contributed by atoms with Crippen LogP contribution in [0.15, 0.2) is 114 Å². The van der Waals surface area contributed by atoms with Crippen LogP contribution in [0.4, 0.5) is 0 Å². The second-order valence-corrected chi connectivity index (χ2v) is 8.18. The third-order valence-electron chi connectivity index (χ3n) is 6.49. The molecule has 0 fully saturated rings. The van der Waals surface area contributed by atoms with Gasteiger partial charge in [-0.2, -0.15) is 0 Å². The molecular formula is C31H24N2O. The molecule has 0 amide bonds. The molecular weight excluding hydrogens is 416 g/mol. The standard InChI is InChI=1S/C29H18N2O.C2H6/c32-29-24-16-8-9-17-26(24)31-27(30(29)19-10-2-1-3-11-19)18-25-22-14-5-4-12-20(22)21-13-6-7-15-23(21)28(25)31;1-2/h1-18H;1-2H3. The molecule has 0 bridgehead atoms. The van der Waals surface area contributed by atoms with Gasteiger partial charge in [-0.25, -0.2) is 0 Å². The van der Waals surface area contributed by atoms with Gasteiger partial charge < -0.3 is 0 Å². The van der Waals surface area contributed by atoms with E-state index in [1.165, 1.54) is 21.5 Å². The zero-order valence-electron chi connectivity index (χ0n) is 19.2. The lowest BCUT2D eigenvalue weighted by molar-refractivity contribution is 1.01. The van der Waals surface area contributed by atoms with Crippen molar-refractivity contribution in [3.05, 3.63) is 120 Å². The Labute approximate surface area is 197 Å². The molecule has 0 aliphatic heterocycles. The maximum absolute atomic E-state index is 13.7. The minimum atomic E-state index is -0.00397. The molecule has 164 valence electrons. The van der Waals surface area contributed by atoms with E-state index in [-0.39, 0.29) is 5.56 Å². The highest BCUT2D eigenvalue weighted by Crippen LogP contribution is 2.38. The van der Waals surface area contributed by atoms with Gasteiger partial charge in [0.25, 0.3) is 5.56 Å². The van der Waals surface area contributed by atoms with Gasteiger partial charge >= 0.3 is 0 Å². The van der Waals surface area contributed by atoms with Gasteiger partial charge in [-0.1, -0.05) is 92.7 Å². The van der Waals surface area contributed by atoms with Crippen LogP contribution in [0.25, 0.3) is 54.7 Å². The van der Waals surface area contributed by atoms with Gasteiger partial charge in [0.1, 0.15) is 5.65 Å². The summed E-state index contributed by atoms with van der Waals surface area (Å²) in [6, 6.07) is 37.1. The van der Waals surface area contributed by atoms with E-state index in [0.29, 0.717) is 5.39 Å². The van der Waals surface area contributed by atoms with E-state index in [1.54, 1.807) is 0 Å². The molecule has 0 unspecified atom stereocenters. The lowest BCUT2D eigenvalue weighted by Gasteiger charge is -2.13. The monoisotopic (exact) mass is 440 g/mol. The second-order valence-electron chi connectivity index (χ2n) is 8.18. The Bertz CT molecular complexity index is 1890. The quantitative estimate of drug-likeness (QED) is 0.240. The molecule has 34 heavy (non-hydrogen) atoms. The molecule has 7 rings (SSSR count). The van der Waals surface area contributed by atoms with E-state index in [1.807, 2.05) is 73.0 Å². The molecule has 0 radical (unpaired) electrons. The largest absolute Gasteiger partial charge is 0.294 e. The van der Waals surface area contributed by atoms with E-state index >= 15 is 0 Å². The van der Waals surface area contributed by atoms with Gasteiger partial charge in [-0.05, 0) is 46.5 Å². The Hall–Kier alpha value is -4.37. The summed E-state index contributed by atoms with van der Waals surface area (Å²) in [4.78, 5) is 13.7. The average Bonchev–Trinajstić information content (AvgIpc) is 3.32. The van der Waals surface area contributed by atoms with E-state index in [0.717, 1.165) is 27.8 Å². The SMILES string of the molecule is CC.O=c1c2ccccc2n2c3c4ccccc4c4ccccc4c3cc2n1-c1ccccc1. The molecule has 3 nitrogen and oxygen atoms in total. The lowest BCUT2D eigenvalue weighted by atomic mass is 9.98. The Kier molecular flexibility index (Phi) is 4.70. The number of fused-ring (bicyclic) bond motifs is 10. The van der Waals surface area contributed by atoms with Crippen LogP contribution in [0.1, 0.15) is 13.8 Å². The number of nitrogens with zero attached hydrogens (tertiary/aromatic N) is 2. The Morgan fingerprint density at radius 1 is 0.529 bits per heavy atom. The summed E-state index contributed by atoms with van der Waals surface area (Å²) in [6.45, 7) is 4.00. The van der Waals surface area contributed by atoms with Crippen LogP contribution in [0, 0.1) is 0 Å². The molecule has 0 atom stereocenters. The van der Waals surface area contributed by atoms with Gasteiger partial charge in [0.15, 0.2) is 0 Å². The highest BCUT2D eigenvalue weighted by molar-refractivity contribution is 6.26. The number of hydrogen-bond acceptors (Lipinski definition) is 1. The van der Waals surface area contributed by atoms with Crippen molar-refractivity contribution >= 4 is 49.0 Å². The van der Waals surface area contributed by atoms with Gasteiger partial charge in [-0.3, -0.25) is 13.8 Å². The van der Waals surface area contributed by atoms with Crippen molar-refractivity contribution in [1.29, 1.82) is 0 Å². The van der Waals surface area contributed by atoms with E-state index in [4.69, 9.17) is 0 Å². The number of benzene rings is 5. The fourth-order valence-corrected chi connectivity index (χ4v) is 5.15. The van der Waals surface area contributed by atoms with Crippen molar-refractivity contribution in [3.8, 4) is 5.69 Å².